The van der Waals surface area contributed by atoms with Crippen LogP contribution in [0.15, 0.2) is 40.9 Å². The molecule has 1 atom stereocenters. The van der Waals surface area contributed by atoms with E-state index in [-0.39, 0.29) is 6.04 Å². The van der Waals surface area contributed by atoms with Crippen LogP contribution in [0.4, 0.5) is 0 Å². The second kappa shape index (κ2) is 7.85. The number of hydrogen-bond acceptors (Lipinski definition) is 3. The molecule has 0 spiro atoms. The molecule has 108 valence electrons. The molecule has 3 heteroatoms. The van der Waals surface area contributed by atoms with Crippen molar-refractivity contribution in [3.05, 3.63) is 53.7 Å². The summed E-state index contributed by atoms with van der Waals surface area (Å²) in [5.41, 5.74) is 1.38. The summed E-state index contributed by atoms with van der Waals surface area (Å²) in [5.74, 6) is 1.79. The maximum absolute atomic E-state index is 5.81. The highest BCUT2D eigenvalue weighted by Crippen LogP contribution is 2.15. The molecule has 0 aliphatic rings. The topological polar surface area (TPSA) is 38.1 Å². The minimum atomic E-state index is 0.192. The molecule has 2 aromatic rings. The van der Waals surface area contributed by atoms with E-state index in [4.69, 9.17) is 4.42 Å². The Morgan fingerprint density at radius 2 is 2.00 bits per heavy atom. The Bertz CT molecular complexity index is 493. The van der Waals surface area contributed by atoms with Gasteiger partial charge in [0.05, 0.1) is 12.2 Å². The van der Waals surface area contributed by atoms with Gasteiger partial charge in [-0.2, -0.15) is 0 Å². The minimum Gasteiger partial charge on any atom is -0.444 e. The molecular weight excluding hydrogens is 248 g/mol. The number of nitrogens with one attached hydrogen (secondary N) is 1. The lowest BCUT2D eigenvalue weighted by Crippen LogP contribution is -2.19. The van der Waals surface area contributed by atoms with E-state index in [9.17, 15) is 0 Å². The van der Waals surface area contributed by atoms with Gasteiger partial charge in [-0.3, -0.25) is 0 Å². The maximum Gasteiger partial charge on any atom is 0.211 e. The normalized spacial score (nSPS) is 12.5. The fourth-order valence-electron chi connectivity index (χ4n) is 2.20. The van der Waals surface area contributed by atoms with E-state index in [0.29, 0.717) is 0 Å². The van der Waals surface area contributed by atoms with E-state index in [1.807, 2.05) is 6.20 Å². The van der Waals surface area contributed by atoms with E-state index >= 15 is 0 Å². The molecule has 0 saturated heterocycles. The van der Waals surface area contributed by atoms with Crippen LogP contribution in [0.3, 0.4) is 0 Å². The van der Waals surface area contributed by atoms with Gasteiger partial charge in [-0.25, -0.2) is 4.98 Å². The Balaban J connectivity index is 1.78. The summed E-state index contributed by atoms with van der Waals surface area (Å²) >= 11 is 0. The molecule has 0 bridgehead atoms. The quantitative estimate of drug-likeness (QED) is 0.791. The van der Waals surface area contributed by atoms with Gasteiger partial charge in [-0.15, -0.1) is 0 Å². The van der Waals surface area contributed by atoms with E-state index in [2.05, 4.69) is 54.5 Å². The van der Waals surface area contributed by atoms with Crippen molar-refractivity contribution in [2.75, 3.05) is 6.54 Å². The highest BCUT2D eigenvalue weighted by molar-refractivity contribution is 5.14. The van der Waals surface area contributed by atoms with Crippen LogP contribution < -0.4 is 5.32 Å². The van der Waals surface area contributed by atoms with Crippen molar-refractivity contribution >= 4 is 0 Å². The molecule has 0 saturated carbocycles. The van der Waals surface area contributed by atoms with Crippen LogP contribution in [0.25, 0.3) is 0 Å². The molecule has 20 heavy (non-hydrogen) atoms. The van der Waals surface area contributed by atoms with Gasteiger partial charge in [0, 0.05) is 6.42 Å². The smallest absolute Gasteiger partial charge is 0.211 e. The number of rotatable bonds is 8. The zero-order valence-electron chi connectivity index (χ0n) is 12.4. The minimum absolute atomic E-state index is 0.192. The summed E-state index contributed by atoms with van der Waals surface area (Å²) < 4.78 is 5.81. The van der Waals surface area contributed by atoms with Gasteiger partial charge in [0.2, 0.25) is 5.89 Å². The van der Waals surface area contributed by atoms with Crippen molar-refractivity contribution in [2.45, 2.75) is 45.6 Å². The summed E-state index contributed by atoms with van der Waals surface area (Å²) in [6.45, 7) is 5.24. The van der Waals surface area contributed by atoms with Crippen LogP contribution in [0.5, 0.6) is 0 Å². The molecule has 0 fully saturated rings. The number of benzene rings is 1. The van der Waals surface area contributed by atoms with Crippen molar-refractivity contribution in [1.82, 2.24) is 10.3 Å². The average Bonchev–Trinajstić information content (AvgIpc) is 2.95. The summed E-state index contributed by atoms with van der Waals surface area (Å²) in [5, 5.41) is 3.39. The SMILES string of the molecule is CCCNC(C)c1ncc(CCCc2ccccc2)o1. The Hall–Kier alpha value is -1.61. The fraction of sp³-hybridized carbons (Fsp3) is 0.471. The molecule has 0 amide bonds. The molecular formula is C17H24N2O. The summed E-state index contributed by atoms with van der Waals surface area (Å²) in [6, 6.07) is 10.8. The van der Waals surface area contributed by atoms with Crippen LogP contribution in [0.2, 0.25) is 0 Å². The van der Waals surface area contributed by atoms with Crippen LogP contribution >= 0.6 is 0 Å². The van der Waals surface area contributed by atoms with Gasteiger partial charge in [0.25, 0.3) is 0 Å². The molecule has 1 unspecified atom stereocenters. The van der Waals surface area contributed by atoms with Crippen molar-refractivity contribution in [3.8, 4) is 0 Å². The Labute approximate surface area is 121 Å². The molecule has 3 nitrogen and oxygen atoms in total. The number of oxazole rings is 1. The third-order valence-corrected chi connectivity index (χ3v) is 3.37. The Morgan fingerprint density at radius 1 is 1.20 bits per heavy atom. The third kappa shape index (κ3) is 4.49. The molecule has 1 aromatic heterocycles. The van der Waals surface area contributed by atoms with Gasteiger partial charge in [-0.1, -0.05) is 37.3 Å². The predicted molar refractivity (Wildman–Crippen MR) is 81.7 cm³/mol. The lowest BCUT2D eigenvalue weighted by molar-refractivity contribution is 0.392. The molecule has 1 aromatic carbocycles. The van der Waals surface area contributed by atoms with Gasteiger partial charge in [0.1, 0.15) is 5.76 Å². The number of aromatic nitrogens is 1. The predicted octanol–water partition coefficient (Wildman–Crippen LogP) is 3.91. The highest BCUT2D eigenvalue weighted by atomic mass is 16.4. The van der Waals surface area contributed by atoms with Crippen LogP contribution in [-0.4, -0.2) is 11.5 Å². The van der Waals surface area contributed by atoms with Crippen LogP contribution in [0, 0.1) is 0 Å². The first-order valence-corrected chi connectivity index (χ1v) is 7.51. The molecule has 0 aliphatic carbocycles. The van der Waals surface area contributed by atoms with E-state index in [0.717, 1.165) is 43.9 Å². The van der Waals surface area contributed by atoms with Gasteiger partial charge in [0.15, 0.2) is 0 Å². The van der Waals surface area contributed by atoms with E-state index in [1.165, 1.54) is 5.56 Å². The molecule has 0 aliphatic heterocycles. The van der Waals surface area contributed by atoms with Gasteiger partial charge in [-0.05, 0) is 38.3 Å². The lowest BCUT2D eigenvalue weighted by atomic mass is 10.1. The monoisotopic (exact) mass is 272 g/mol. The van der Waals surface area contributed by atoms with Gasteiger partial charge >= 0.3 is 0 Å². The molecule has 0 radical (unpaired) electrons. The zero-order chi connectivity index (χ0) is 14.2. The van der Waals surface area contributed by atoms with Gasteiger partial charge < -0.3 is 9.73 Å². The van der Waals surface area contributed by atoms with Crippen molar-refractivity contribution in [2.24, 2.45) is 0 Å². The first-order chi connectivity index (χ1) is 9.79. The Morgan fingerprint density at radius 3 is 2.75 bits per heavy atom. The first kappa shape index (κ1) is 14.8. The van der Waals surface area contributed by atoms with Crippen molar-refractivity contribution in [1.29, 1.82) is 0 Å². The lowest BCUT2D eigenvalue weighted by Gasteiger charge is -2.08. The maximum atomic E-state index is 5.81. The van der Waals surface area contributed by atoms with Crippen LogP contribution in [-0.2, 0) is 12.8 Å². The van der Waals surface area contributed by atoms with Crippen molar-refractivity contribution < 1.29 is 4.42 Å². The summed E-state index contributed by atoms with van der Waals surface area (Å²) in [6.07, 6.45) is 6.11. The largest absolute Gasteiger partial charge is 0.444 e. The second-order valence-corrected chi connectivity index (χ2v) is 5.18. The highest BCUT2D eigenvalue weighted by Gasteiger charge is 2.11. The molecule has 2 rings (SSSR count). The second-order valence-electron chi connectivity index (χ2n) is 5.18. The molecule has 1 heterocycles. The average molecular weight is 272 g/mol. The first-order valence-electron chi connectivity index (χ1n) is 7.51. The van der Waals surface area contributed by atoms with E-state index < -0.39 is 0 Å². The standard InChI is InChI=1S/C17H24N2O/c1-3-12-18-14(2)17-19-13-16(20-17)11-7-10-15-8-5-4-6-9-15/h4-6,8-9,13-14,18H,3,7,10-12H2,1-2H3. The fourth-order valence-corrected chi connectivity index (χ4v) is 2.20. The number of nitrogens with zero attached hydrogens (tertiary/aromatic N) is 1. The number of hydrogen-bond donors (Lipinski definition) is 1. The Kier molecular flexibility index (Phi) is 5.81. The zero-order valence-corrected chi connectivity index (χ0v) is 12.4. The van der Waals surface area contributed by atoms with Crippen LogP contribution in [0.1, 0.15) is 49.9 Å². The third-order valence-electron chi connectivity index (χ3n) is 3.37. The summed E-state index contributed by atoms with van der Waals surface area (Å²) in [4.78, 5) is 4.37. The van der Waals surface area contributed by atoms with Crippen molar-refractivity contribution in [3.63, 3.8) is 0 Å². The summed E-state index contributed by atoms with van der Waals surface area (Å²) in [7, 11) is 0. The van der Waals surface area contributed by atoms with E-state index in [1.54, 1.807) is 0 Å². The molecule has 1 N–H and O–H groups in total. The number of aryl methyl sites for hydroxylation is 2.